The summed E-state index contributed by atoms with van der Waals surface area (Å²) in [5.74, 6) is 0.240. The zero-order valence-electron chi connectivity index (χ0n) is 11.8. The molecule has 3 fully saturated rings. The molecule has 1 aromatic carbocycles. The van der Waals surface area contributed by atoms with Crippen LogP contribution < -0.4 is 11.1 Å². The third kappa shape index (κ3) is 1.87. The summed E-state index contributed by atoms with van der Waals surface area (Å²) in [6, 6.07) is 8.92. The zero-order chi connectivity index (χ0) is 13.8. The first kappa shape index (κ1) is 12.4. The predicted molar refractivity (Wildman–Crippen MR) is 78.2 cm³/mol. The SMILES string of the molecule is NC1(c2ccc(C3(C(=O)NC4CCC4)CC3)cc2)CC1. The highest BCUT2D eigenvalue weighted by atomic mass is 16.2. The van der Waals surface area contributed by atoms with E-state index in [1.165, 1.54) is 17.5 Å². The van der Waals surface area contributed by atoms with E-state index < -0.39 is 0 Å². The fourth-order valence-corrected chi connectivity index (χ4v) is 3.19. The van der Waals surface area contributed by atoms with Crippen molar-refractivity contribution in [2.24, 2.45) is 5.73 Å². The first-order valence-electron chi connectivity index (χ1n) is 7.83. The summed E-state index contributed by atoms with van der Waals surface area (Å²) in [6.07, 6.45) is 7.69. The van der Waals surface area contributed by atoms with Crippen molar-refractivity contribution in [3.05, 3.63) is 35.4 Å². The van der Waals surface area contributed by atoms with Gasteiger partial charge in [-0.1, -0.05) is 24.3 Å². The molecule has 0 aromatic heterocycles. The molecule has 0 radical (unpaired) electrons. The Balaban J connectivity index is 1.52. The molecular formula is C17H22N2O. The van der Waals surface area contributed by atoms with Gasteiger partial charge in [0, 0.05) is 11.6 Å². The maximum Gasteiger partial charge on any atom is 0.230 e. The first-order valence-corrected chi connectivity index (χ1v) is 7.83. The number of amides is 1. The van der Waals surface area contributed by atoms with E-state index in [0.717, 1.165) is 38.5 Å². The van der Waals surface area contributed by atoms with Gasteiger partial charge in [-0.05, 0) is 56.1 Å². The predicted octanol–water partition coefficient (Wildman–Crippen LogP) is 2.33. The van der Waals surface area contributed by atoms with Crippen LogP contribution in [0.4, 0.5) is 0 Å². The van der Waals surface area contributed by atoms with Crippen LogP contribution in [0.3, 0.4) is 0 Å². The second-order valence-corrected chi connectivity index (χ2v) is 6.92. The molecule has 3 saturated carbocycles. The number of carbonyl (C=O) groups excluding carboxylic acids is 1. The van der Waals surface area contributed by atoms with Crippen LogP contribution >= 0.6 is 0 Å². The molecule has 1 aromatic rings. The number of rotatable bonds is 4. The lowest BCUT2D eigenvalue weighted by Gasteiger charge is -2.29. The van der Waals surface area contributed by atoms with Crippen LogP contribution in [-0.4, -0.2) is 11.9 Å². The van der Waals surface area contributed by atoms with Gasteiger partial charge in [-0.15, -0.1) is 0 Å². The molecule has 0 spiro atoms. The number of hydrogen-bond donors (Lipinski definition) is 2. The first-order chi connectivity index (χ1) is 9.62. The average Bonchev–Trinajstić information content (AvgIpc) is 3.30. The third-order valence-corrected chi connectivity index (χ3v) is 5.43. The summed E-state index contributed by atoms with van der Waals surface area (Å²) in [5.41, 5.74) is 8.29. The molecule has 3 aliphatic rings. The summed E-state index contributed by atoms with van der Waals surface area (Å²) in [5, 5.41) is 3.21. The molecule has 3 heteroatoms. The maximum absolute atomic E-state index is 12.5. The second-order valence-electron chi connectivity index (χ2n) is 6.92. The number of nitrogens with two attached hydrogens (primary N) is 1. The molecule has 20 heavy (non-hydrogen) atoms. The van der Waals surface area contributed by atoms with E-state index >= 15 is 0 Å². The Labute approximate surface area is 119 Å². The van der Waals surface area contributed by atoms with E-state index in [4.69, 9.17) is 5.73 Å². The van der Waals surface area contributed by atoms with Crippen molar-refractivity contribution in [2.75, 3.05) is 0 Å². The van der Waals surface area contributed by atoms with Gasteiger partial charge in [-0.3, -0.25) is 4.79 Å². The molecule has 3 N–H and O–H groups in total. The highest BCUT2D eigenvalue weighted by molar-refractivity contribution is 5.91. The van der Waals surface area contributed by atoms with Crippen LogP contribution in [0.1, 0.15) is 56.1 Å². The van der Waals surface area contributed by atoms with Crippen molar-refractivity contribution in [3.8, 4) is 0 Å². The van der Waals surface area contributed by atoms with E-state index in [0.29, 0.717) is 6.04 Å². The van der Waals surface area contributed by atoms with E-state index in [1.807, 2.05) is 0 Å². The molecule has 0 atom stereocenters. The Morgan fingerprint density at radius 3 is 2.10 bits per heavy atom. The number of carbonyl (C=O) groups is 1. The summed E-state index contributed by atoms with van der Waals surface area (Å²) < 4.78 is 0. The molecule has 0 saturated heterocycles. The Morgan fingerprint density at radius 1 is 1.05 bits per heavy atom. The molecule has 0 aliphatic heterocycles. The quantitative estimate of drug-likeness (QED) is 0.882. The van der Waals surface area contributed by atoms with Crippen molar-refractivity contribution < 1.29 is 4.79 Å². The van der Waals surface area contributed by atoms with Gasteiger partial charge in [-0.2, -0.15) is 0 Å². The Hall–Kier alpha value is -1.35. The van der Waals surface area contributed by atoms with Crippen molar-refractivity contribution in [2.45, 2.75) is 61.9 Å². The molecule has 1 amide bonds. The molecule has 4 rings (SSSR count). The van der Waals surface area contributed by atoms with Gasteiger partial charge in [0.2, 0.25) is 5.91 Å². The largest absolute Gasteiger partial charge is 0.353 e. The van der Waals surface area contributed by atoms with E-state index in [-0.39, 0.29) is 16.9 Å². The second kappa shape index (κ2) is 4.08. The highest BCUT2D eigenvalue weighted by Crippen LogP contribution is 2.50. The lowest BCUT2D eigenvalue weighted by Crippen LogP contribution is -2.44. The average molecular weight is 270 g/mol. The van der Waals surface area contributed by atoms with Crippen LogP contribution in [0.15, 0.2) is 24.3 Å². The fourth-order valence-electron chi connectivity index (χ4n) is 3.19. The lowest BCUT2D eigenvalue weighted by molar-refractivity contribution is -0.124. The molecule has 3 aliphatic carbocycles. The van der Waals surface area contributed by atoms with Gasteiger partial charge in [0.15, 0.2) is 0 Å². The van der Waals surface area contributed by atoms with E-state index in [1.54, 1.807) is 0 Å². The fraction of sp³-hybridized carbons (Fsp3) is 0.588. The van der Waals surface area contributed by atoms with Gasteiger partial charge < -0.3 is 11.1 Å². The van der Waals surface area contributed by atoms with Crippen LogP contribution in [0, 0.1) is 0 Å². The number of nitrogens with one attached hydrogen (secondary N) is 1. The molecule has 0 heterocycles. The van der Waals surface area contributed by atoms with Crippen molar-refractivity contribution in [1.29, 1.82) is 0 Å². The Bertz CT molecular complexity index is 537. The smallest absolute Gasteiger partial charge is 0.230 e. The Morgan fingerprint density at radius 2 is 1.65 bits per heavy atom. The monoisotopic (exact) mass is 270 g/mol. The number of benzene rings is 1. The minimum atomic E-state index is -0.237. The zero-order valence-corrected chi connectivity index (χ0v) is 11.8. The Kier molecular flexibility index (Phi) is 2.53. The van der Waals surface area contributed by atoms with Crippen LogP contribution in [0.2, 0.25) is 0 Å². The van der Waals surface area contributed by atoms with Crippen molar-refractivity contribution in [3.63, 3.8) is 0 Å². The minimum absolute atomic E-state index is 0.0799. The summed E-state index contributed by atoms with van der Waals surface area (Å²) in [7, 11) is 0. The lowest BCUT2D eigenvalue weighted by atomic mass is 9.89. The summed E-state index contributed by atoms with van der Waals surface area (Å²) in [6.45, 7) is 0. The number of hydrogen-bond acceptors (Lipinski definition) is 2. The van der Waals surface area contributed by atoms with E-state index in [9.17, 15) is 4.79 Å². The summed E-state index contributed by atoms with van der Waals surface area (Å²) >= 11 is 0. The van der Waals surface area contributed by atoms with Gasteiger partial charge in [0.1, 0.15) is 0 Å². The third-order valence-electron chi connectivity index (χ3n) is 5.43. The normalized spacial score (nSPS) is 25.6. The van der Waals surface area contributed by atoms with Crippen LogP contribution in [0.25, 0.3) is 0 Å². The van der Waals surface area contributed by atoms with Gasteiger partial charge in [-0.25, -0.2) is 0 Å². The molecule has 3 nitrogen and oxygen atoms in total. The minimum Gasteiger partial charge on any atom is -0.353 e. The summed E-state index contributed by atoms with van der Waals surface area (Å²) in [4.78, 5) is 12.5. The van der Waals surface area contributed by atoms with E-state index in [2.05, 4.69) is 29.6 Å². The molecule has 106 valence electrons. The van der Waals surface area contributed by atoms with Crippen molar-refractivity contribution in [1.82, 2.24) is 5.32 Å². The highest BCUT2D eigenvalue weighted by Gasteiger charge is 2.52. The van der Waals surface area contributed by atoms with Gasteiger partial charge in [0.05, 0.1) is 5.41 Å². The molecule has 0 bridgehead atoms. The van der Waals surface area contributed by atoms with Crippen LogP contribution in [0.5, 0.6) is 0 Å². The van der Waals surface area contributed by atoms with Gasteiger partial charge >= 0.3 is 0 Å². The van der Waals surface area contributed by atoms with Gasteiger partial charge in [0.25, 0.3) is 0 Å². The molecule has 0 unspecified atom stereocenters. The maximum atomic E-state index is 12.5. The van der Waals surface area contributed by atoms with Crippen LogP contribution in [-0.2, 0) is 15.7 Å². The van der Waals surface area contributed by atoms with Crippen molar-refractivity contribution >= 4 is 5.91 Å². The topological polar surface area (TPSA) is 55.1 Å². The standard InChI is InChI=1S/C17H22N2O/c18-17(10-11-17)13-6-4-12(5-7-13)16(8-9-16)15(20)19-14-2-1-3-14/h4-7,14H,1-3,8-11,18H2,(H,19,20). The molecular weight excluding hydrogens is 248 g/mol.